The van der Waals surface area contributed by atoms with E-state index in [1.165, 1.54) is 0 Å². The molecule has 0 atom stereocenters. The molecule has 0 aliphatic rings. The van der Waals surface area contributed by atoms with Gasteiger partial charge in [0.05, 0.1) is 11.9 Å². The van der Waals surface area contributed by atoms with Crippen molar-refractivity contribution in [2.45, 2.75) is 47.0 Å². The van der Waals surface area contributed by atoms with Crippen molar-refractivity contribution in [2.75, 3.05) is 0 Å². The van der Waals surface area contributed by atoms with Crippen molar-refractivity contribution in [3.63, 3.8) is 0 Å². The van der Waals surface area contributed by atoms with Gasteiger partial charge in [0.15, 0.2) is 0 Å². The van der Waals surface area contributed by atoms with E-state index in [1.807, 2.05) is 12.1 Å². The fraction of sp³-hybridized carbons (Fsp3) is 0.267. The SMILES string of the molecule is O=S(=O)(Oc1ccc(/C=N/N=c2\scc(-c3ccccc3)n2-c2ccccc2)cc1)C(F)(F)C(F)(F)C(F)(F)C(F)(F)C(F)(F)C(F)(F)C(F)(F)C(F)(F)F. The van der Waals surface area contributed by atoms with Crippen molar-refractivity contribution in [3.8, 4) is 22.7 Å². The maximum absolute atomic E-state index is 14.4. The molecule has 0 spiro atoms. The van der Waals surface area contributed by atoms with Crippen LogP contribution in [0.5, 0.6) is 5.75 Å². The van der Waals surface area contributed by atoms with Crippen LogP contribution < -0.4 is 8.98 Å². The molecule has 0 aliphatic carbocycles. The summed E-state index contributed by atoms with van der Waals surface area (Å²) in [6.45, 7) is 0. The fourth-order valence-electron chi connectivity index (χ4n) is 4.26. The molecule has 1 aromatic heterocycles. The first kappa shape index (κ1) is 43.1. The first-order valence-electron chi connectivity index (χ1n) is 14.1. The smallest absolute Gasteiger partial charge is 0.378 e. The van der Waals surface area contributed by atoms with Gasteiger partial charge in [-0.05, 0) is 47.5 Å². The lowest BCUT2D eigenvalue weighted by molar-refractivity contribution is -0.458. The highest BCUT2D eigenvalue weighted by atomic mass is 32.2. The molecule has 6 nitrogen and oxygen atoms in total. The monoisotopic (exact) mass is 853 g/mol. The first-order chi connectivity index (χ1) is 25.0. The Labute approximate surface area is 299 Å². The molecule has 0 N–H and O–H groups in total. The third-order valence-electron chi connectivity index (χ3n) is 7.24. The summed E-state index contributed by atoms with van der Waals surface area (Å²) in [5, 5.41) is 1.84. The summed E-state index contributed by atoms with van der Waals surface area (Å²) in [6, 6.07) is 19.9. The number of benzene rings is 3. The number of aromatic nitrogens is 1. The van der Waals surface area contributed by atoms with Gasteiger partial charge in [-0.2, -0.15) is 88.2 Å². The average molecular weight is 854 g/mol. The molecule has 25 heteroatoms. The van der Waals surface area contributed by atoms with Crippen LogP contribution in [0.4, 0.5) is 74.6 Å². The van der Waals surface area contributed by atoms with Crippen molar-refractivity contribution < 1.29 is 87.2 Å². The molecule has 0 bridgehead atoms. The van der Waals surface area contributed by atoms with Crippen LogP contribution in [-0.2, 0) is 10.1 Å². The van der Waals surface area contributed by atoms with Gasteiger partial charge in [0.1, 0.15) is 5.75 Å². The van der Waals surface area contributed by atoms with Gasteiger partial charge in [-0.25, -0.2) is 0 Å². The lowest BCUT2D eigenvalue weighted by Crippen LogP contribution is -2.75. The second kappa shape index (κ2) is 14.1. The van der Waals surface area contributed by atoms with Crippen molar-refractivity contribution >= 4 is 27.7 Å². The largest absolute Gasteiger partial charge is 0.460 e. The number of hydrogen-bond acceptors (Lipinski definition) is 6. The van der Waals surface area contributed by atoms with Gasteiger partial charge in [0.2, 0.25) is 4.80 Å². The van der Waals surface area contributed by atoms with Crippen LogP contribution in [0.3, 0.4) is 0 Å². The Balaban J connectivity index is 1.60. The second-order valence-electron chi connectivity index (χ2n) is 10.9. The quantitative estimate of drug-likeness (QED) is 0.0582. The lowest BCUT2D eigenvalue weighted by atomic mass is 9.91. The van der Waals surface area contributed by atoms with Gasteiger partial charge >= 0.3 is 57.1 Å². The molecular weight excluding hydrogens is 837 g/mol. The number of alkyl halides is 17. The van der Waals surface area contributed by atoms with Crippen LogP contribution in [-0.4, -0.2) is 66.2 Å². The summed E-state index contributed by atoms with van der Waals surface area (Å²) < 4.78 is 260. The first-order valence-corrected chi connectivity index (χ1v) is 16.4. The highest BCUT2D eigenvalue weighted by Gasteiger charge is 2.96. The van der Waals surface area contributed by atoms with Gasteiger partial charge < -0.3 is 4.18 Å². The topological polar surface area (TPSA) is 73.0 Å². The van der Waals surface area contributed by atoms with E-state index in [-0.39, 0.29) is 10.4 Å². The van der Waals surface area contributed by atoms with E-state index in [9.17, 15) is 83.1 Å². The highest BCUT2D eigenvalue weighted by molar-refractivity contribution is 7.88. The molecule has 55 heavy (non-hydrogen) atoms. The van der Waals surface area contributed by atoms with Gasteiger partial charge in [0.25, 0.3) is 0 Å². The molecule has 300 valence electrons. The number of para-hydroxylation sites is 1. The van der Waals surface area contributed by atoms with E-state index in [4.69, 9.17) is 0 Å². The Morgan fingerprint density at radius 2 is 1.04 bits per heavy atom. The summed E-state index contributed by atoms with van der Waals surface area (Å²) in [7, 11) is -7.77. The summed E-state index contributed by atoms with van der Waals surface area (Å²) in [5.41, 5.74) is 2.04. The van der Waals surface area contributed by atoms with Crippen LogP contribution in [0.2, 0.25) is 0 Å². The molecule has 1 heterocycles. The van der Waals surface area contributed by atoms with Gasteiger partial charge in [-0.15, -0.1) is 16.4 Å². The van der Waals surface area contributed by atoms with Crippen LogP contribution in [0.25, 0.3) is 16.9 Å². The normalized spacial score (nSPS) is 14.8. The number of nitrogens with zero attached hydrogens (tertiary/aromatic N) is 3. The zero-order valence-corrected chi connectivity index (χ0v) is 27.7. The molecule has 4 aromatic rings. The molecule has 4 rings (SSSR count). The molecule has 0 radical (unpaired) electrons. The Morgan fingerprint density at radius 3 is 1.53 bits per heavy atom. The minimum Gasteiger partial charge on any atom is -0.378 e. The van der Waals surface area contributed by atoms with Crippen molar-refractivity contribution in [2.24, 2.45) is 10.2 Å². The van der Waals surface area contributed by atoms with Gasteiger partial charge in [-0.3, -0.25) is 4.57 Å². The predicted octanol–water partition coefficient (Wildman–Crippen LogP) is 9.82. The Hall–Kier alpha value is -4.68. The number of halogens is 17. The number of hydrogen-bond donors (Lipinski definition) is 0. The molecule has 0 saturated carbocycles. The minimum atomic E-state index is -8.95. The highest BCUT2D eigenvalue weighted by Crippen LogP contribution is 2.64. The molecule has 0 fully saturated rings. The molecule has 0 unspecified atom stereocenters. The third-order valence-corrected chi connectivity index (χ3v) is 9.35. The van der Waals surface area contributed by atoms with Crippen molar-refractivity contribution in [3.05, 3.63) is 101 Å². The molecular formula is C30H16F17N3O3S2. The van der Waals surface area contributed by atoms with Gasteiger partial charge in [0, 0.05) is 11.1 Å². The van der Waals surface area contributed by atoms with Crippen LogP contribution >= 0.6 is 11.3 Å². The third kappa shape index (κ3) is 7.03. The number of rotatable bonds is 13. The maximum atomic E-state index is 14.4. The summed E-state index contributed by atoms with van der Waals surface area (Å²) in [4.78, 5) is 0.286. The fourth-order valence-corrected chi connectivity index (χ4v) is 6.03. The van der Waals surface area contributed by atoms with E-state index >= 15 is 0 Å². The summed E-state index contributed by atoms with van der Waals surface area (Å²) in [6.07, 6.45) is -6.97. The Kier molecular flexibility index (Phi) is 11.0. The summed E-state index contributed by atoms with van der Waals surface area (Å²) >= 11 is 1.13. The molecule has 0 saturated heterocycles. The zero-order chi connectivity index (χ0) is 41.7. The second-order valence-corrected chi connectivity index (χ2v) is 13.3. The van der Waals surface area contributed by atoms with E-state index in [0.717, 1.165) is 35.2 Å². The van der Waals surface area contributed by atoms with Crippen LogP contribution in [0.1, 0.15) is 5.56 Å². The van der Waals surface area contributed by atoms with Crippen molar-refractivity contribution in [1.29, 1.82) is 0 Å². The van der Waals surface area contributed by atoms with Crippen molar-refractivity contribution in [1.82, 2.24) is 4.57 Å². The molecule has 0 amide bonds. The predicted molar refractivity (Wildman–Crippen MR) is 159 cm³/mol. The standard InChI is InChI=1S/C30H16F17N3O3S2/c31-23(32,25(35,36)27(39,40)29(43,44)45)24(33,34)26(37,38)28(41,42)30(46,47)55(51,52)53-20-13-11-17(12-14-20)15-48-49-22-50(19-9-5-2-6-10-19)21(16-54-22)18-7-3-1-4-8-18/h1-16H/b48-15+,49-22-. The maximum Gasteiger partial charge on any atom is 0.460 e. The lowest BCUT2D eigenvalue weighted by Gasteiger charge is -2.42. The van der Waals surface area contributed by atoms with Crippen LogP contribution in [0, 0.1) is 0 Å². The Morgan fingerprint density at radius 1 is 0.582 bits per heavy atom. The number of thiazole rings is 1. The van der Waals surface area contributed by atoms with E-state index < -0.39 is 62.8 Å². The van der Waals surface area contributed by atoms with E-state index in [2.05, 4.69) is 14.4 Å². The Bertz CT molecular complexity index is 2190. The van der Waals surface area contributed by atoms with Crippen LogP contribution in [0.15, 0.2) is 101 Å². The van der Waals surface area contributed by atoms with E-state index in [0.29, 0.717) is 23.5 Å². The molecule has 3 aromatic carbocycles. The average Bonchev–Trinajstić information content (AvgIpc) is 3.52. The zero-order valence-electron chi connectivity index (χ0n) is 26.0. The van der Waals surface area contributed by atoms with E-state index in [1.54, 1.807) is 58.5 Å². The summed E-state index contributed by atoms with van der Waals surface area (Å²) in [5.74, 6) is -53.7. The minimum absolute atomic E-state index is 0.0818. The molecule has 0 aliphatic heterocycles. The van der Waals surface area contributed by atoms with Gasteiger partial charge in [-0.1, -0.05) is 48.5 Å².